The van der Waals surface area contributed by atoms with Gasteiger partial charge in [0.1, 0.15) is 0 Å². The first kappa shape index (κ1) is 19.7. The van der Waals surface area contributed by atoms with Crippen molar-refractivity contribution >= 4 is 21.9 Å². The van der Waals surface area contributed by atoms with Crippen LogP contribution in [0.3, 0.4) is 0 Å². The Morgan fingerprint density at radius 2 is 1.90 bits per heavy atom. The summed E-state index contributed by atoms with van der Waals surface area (Å²) in [5.74, 6) is 1.50. The number of carbonyl (C=O) groups is 1. The molecule has 0 amide bonds. The van der Waals surface area contributed by atoms with Crippen molar-refractivity contribution in [1.29, 1.82) is 0 Å². The highest BCUT2D eigenvalue weighted by molar-refractivity contribution is 9.09. The Balaban J connectivity index is 3.45. The molecular weight excluding hydrogens is 316 g/mol. The van der Waals surface area contributed by atoms with Crippen molar-refractivity contribution in [2.45, 2.75) is 65.2 Å². The van der Waals surface area contributed by atoms with Crippen molar-refractivity contribution < 1.29 is 9.53 Å². The van der Waals surface area contributed by atoms with Gasteiger partial charge in [-0.05, 0) is 50.4 Å². The summed E-state index contributed by atoms with van der Waals surface area (Å²) in [4.78, 5) is 10.9. The fourth-order valence-electron chi connectivity index (χ4n) is 2.34. The molecule has 20 heavy (non-hydrogen) atoms. The fraction of sp³-hybridized carbons (Fsp3) is 0.824. The van der Waals surface area contributed by atoms with Gasteiger partial charge in [-0.25, -0.2) is 0 Å². The van der Waals surface area contributed by atoms with Crippen molar-refractivity contribution in [3.63, 3.8) is 0 Å². The topological polar surface area (TPSA) is 26.3 Å². The van der Waals surface area contributed by atoms with Gasteiger partial charge < -0.3 is 4.74 Å². The van der Waals surface area contributed by atoms with E-state index >= 15 is 0 Å². The molecule has 2 atom stereocenters. The lowest BCUT2D eigenvalue weighted by molar-refractivity contribution is -0.140. The first-order valence-corrected chi connectivity index (χ1v) is 9.00. The van der Waals surface area contributed by atoms with Gasteiger partial charge in [0.15, 0.2) is 0 Å². The van der Waals surface area contributed by atoms with Crippen LogP contribution in [0.2, 0.25) is 0 Å². The number of alkyl halides is 1. The maximum Gasteiger partial charge on any atom is 0.305 e. The van der Waals surface area contributed by atoms with Crippen molar-refractivity contribution in [2.24, 2.45) is 11.8 Å². The fourth-order valence-corrected chi connectivity index (χ4v) is 3.13. The third kappa shape index (κ3) is 12.7. The van der Waals surface area contributed by atoms with Crippen molar-refractivity contribution in [1.82, 2.24) is 0 Å². The lowest BCUT2D eigenvalue weighted by Crippen LogP contribution is -2.02. The van der Waals surface area contributed by atoms with Crippen LogP contribution in [0, 0.1) is 11.8 Å². The summed E-state index contributed by atoms with van der Waals surface area (Å²) in [6.45, 7) is 4.67. The van der Waals surface area contributed by atoms with Crippen LogP contribution in [-0.4, -0.2) is 18.4 Å². The zero-order valence-corrected chi connectivity index (χ0v) is 15.0. The number of rotatable bonds is 12. The van der Waals surface area contributed by atoms with Gasteiger partial charge in [0.05, 0.1) is 7.11 Å². The van der Waals surface area contributed by atoms with E-state index in [4.69, 9.17) is 0 Å². The number of unbranched alkanes of at least 4 members (excludes halogenated alkanes) is 3. The molecule has 0 saturated carbocycles. The molecular formula is C17H31BrO2. The van der Waals surface area contributed by atoms with Gasteiger partial charge in [-0.3, -0.25) is 4.79 Å². The third-order valence-electron chi connectivity index (χ3n) is 3.59. The average molecular weight is 347 g/mol. The summed E-state index contributed by atoms with van der Waals surface area (Å²) in [6, 6.07) is 0. The smallest absolute Gasteiger partial charge is 0.305 e. The number of ether oxygens (including phenoxy) is 1. The molecule has 0 aromatic heterocycles. The van der Waals surface area contributed by atoms with Crippen molar-refractivity contribution in [3.8, 4) is 0 Å². The molecule has 0 aromatic rings. The summed E-state index contributed by atoms with van der Waals surface area (Å²) >= 11 is 3.50. The number of halogens is 1. The number of allylic oxidation sites excluding steroid dienone is 2. The highest BCUT2D eigenvalue weighted by Gasteiger charge is 2.06. The molecule has 0 radical (unpaired) electrons. The van der Waals surface area contributed by atoms with Gasteiger partial charge in [0.25, 0.3) is 0 Å². The molecule has 0 heterocycles. The maximum atomic E-state index is 10.9. The highest BCUT2D eigenvalue weighted by Crippen LogP contribution is 2.19. The Kier molecular flexibility index (Phi) is 13.5. The Morgan fingerprint density at radius 3 is 2.55 bits per heavy atom. The van der Waals surface area contributed by atoms with Crippen LogP contribution in [-0.2, 0) is 9.53 Å². The van der Waals surface area contributed by atoms with Gasteiger partial charge in [-0.15, -0.1) is 0 Å². The second-order valence-electron chi connectivity index (χ2n) is 5.81. The first-order chi connectivity index (χ1) is 9.60. The van der Waals surface area contributed by atoms with Crippen LogP contribution in [0.25, 0.3) is 0 Å². The largest absolute Gasteiger partial charge is 0.469 e. The van der Waals surface area contributed by atoms with Gasteiger partial charge in [0, 0.05) is 11.8 Å². The Hall–Kier alpha value is -0.310. The lowest BCUT2D eigenvalue weighted by atomic mass is 9.93. The van der Waals surface area contributed by atoms with Crippen LogP contribution in [0.4, 0.5) is 0 Å². The predicted octanol–water partition coefficient (Wildman–Crippen LogP) is 5.50. The standard InChI is InChI=1S/C17H31BrO2/c1-15(14-16(2)12-13-18)10-8-6-4-5-7-9-11-17(19)20-3/h6,8,15-16H,4-5,7,9-14H2,1-3H3/b8-6+. The Morgan fingerprint density at radius 1 is 1.15 bits per heavy atom. The summed E-state index contributed by atoms with van der Waals surface area (Å²) in [7, 11) is 1.45. The van der Waals surface area contributed by atoms with E-state index in [1.807, 2.05) is 0 Å². The van der Waals surface area contributed by atoms with Gasteiger partial charge in [0.2, 0.25) is 0 Å². The van der Waals surface area contributed by atoms with Crippen LogP contribution in [0.5, 0.6) is 0 Å². The molecule has 0 aliphatic carbocycles. The number of carbonyl (C=O) groups excluding carboxylic acids is 1. The summed E-state index contributed by atoms with van der Waals surface area (Å²) in [6.07, 6.45) is 13.3. The van der Waals surface area contributed by atoms with E-state index in [-0.39, 0.29) is 5.97 Å². The number of esters is 1. The second kappa shape index (κ2) is 13.7. The molecule has 3 heteroatoms. The molecule has 0 aliphatic rings. The van der Waals surface area contributed by atoms with E-state index in [0.717, 1.165) is 36.4 Å². The number of hydrogen-bond donors (Lipinski definition) is 0. The van der Waals surface area contributed by atoms with E-state index in [0.29, 0.717) is 6.42 Å². The predicted molar refractivity (Wildman–Crippen MR) is 90.2 cm³/mol. The highest BCUT2D eigenvalue weighted by atomic mass is 79.9. The second-order valence-corrected chi connectivity index (χ2v) is 6.60. The monoisotopic (exact) mass is 346 g/mol. The number of hydrogen-bond acceptors (Lipinski definition) is 2. The minimum atomic E-state index is -0.0908. The molecule has 0 aliphatic heterocycles. The minimum Gasteiger partial charge on any atom is -0.469 e. The van der Waals surface area contributed by atoms with E-state index in [9.17, 15) is 4.79 Å². The molecule has 118 valence electrons. The lowest BCUT2D eigenvalue weighted by Gasteiger charge is -2.14. The molecule has 0 rings (SSSR count). The summed E-state index contributed by atoms with van der Waals surface area (Å²) in [5.41, 5.74) is 0. The minimum absolute atomic E-state index is 0.0908. The molecule has 0 fully saturated rings. The van der Waals surface area contributed by atoms with Gasteiger partial charge >= 0.3 is 5.97 Å². The zero-order valence-electron chi connectivity index (χ0n) is 13.4. The van der Waals surface area contributed by atoms with Gasteiger partial charge in [-0.2, -0.15) is 0 Å². The Labute approximate surface area is 133 Å². The number of methoxy groups -OCH3 is 1. The first-order valence-electron chi connectivity index (χ1n) is 7.87. The van der Waals surface area contributed by atoms with Crippen molar-refractivity contribution in [2.75, 3.05) is 12.4 Å². The van der Waals surface area contributed by atoms with Crippen LogP contribution < -0.4 is 0 Å². The summed E-state index contributed by atoms with van der Waals surface area (Å²) < 4.78 is 4.61. The van der Waals surface area contributed by atoms with E-state index < -0.39 is 0 Å². The van der Waals surface area contributed by atoms with Crippen LogP contribution in [0.15, 0.2) is 12.2 Å². The van der Waals surface area contributed by atoms with E-state index in [1.54, 1.807) is 0 Å². The van der Waals surface area contributed by atoms with Crippen LogP contribution in [0.1, 0.15) is 65.2 Å². The molecule has 0 N–H and O–H groups in total. The van der Waals surface area contributed by atoms with Crippen LogP contribution >= 0.6 is 15.9 Å². The molecule has 2 unspecified atom stereocenters. The molecule has 0 saturated heterocycles. The SMILES string of the molecule is COC(=O)CCCCC/C=C/CC(C)CC(C)CCBr. The average Bonchev–Trinajstić information content (AvgIpc) is 2.41. The van der Waals surface area contributed by atoms with E-state index in [1.165, 1.54) is 32.8 Å². The summed E-state index contributed by atoms with van der Waals surface area (Å²) in [5, 5.41) is 1.11. The zero-order chi connectivity index (χ0) is 15.2. The van der Waals surface area contributed by atoms with Gasteiger partial charge in [-0.1, -0.05) is 48.4 Å². The normalized spacial score (nSPS) is 14.4. The Bertz CT molecular complexity index is 264. The molecule has 0 aromatic carbocycles. The molecule has 2 nitrogen and oxygen atoms in total. The maximum absolute atomic E-state index is 10.9. The third-order valence-corrected chi connectivity index (χ3v) is 4.05. The molecule has 0 bridgehead atoms. The quantitative estimate of drug-likeness (QED) is 0.202. The van der Waals surface area contributed by atoms with E-state index in [2.05, 4.69) is 46.7 Å². The molecule has 0 spiro atoms. The van der Waals surface area contributed by atoms with Crippen molar-refractivity contribution in [3.05, 3.63) is 12.2 Å².